The van der Waals surface area contributed by atoms with Gasteiger partial charge in [0.25, 0.3) is 11.4 Å². The standard InChI is InChI=1S/C11H12ClN3O2/c1-3-8(12)10-13-11(17-14-10)7-4-5-15(2)9(16)6-7/h4-6,8H,3H2,1-2H3. The Bertz CT molecular complexity index is 576. The zero-order chi connectivity index (χ0) is 12.4. The summed E-state index contributed by atoms with van der Waals surface area (Å²) < 4.78 is 6.54. The van der Waals surface area contributed by atoms with Crippen molar-refractivity contribution in [2.24, 2.45) is 7.05 Å². The van der Waals surface area contributed by atoms with Crippen LogP contribution in [0.1, 0.15) is 24.5 Å². The summed E-state index contributed by atoms with van der Waals surface area (Å²) in [5.41, 5.74) is 0.479. The van der Waals surface area contributed by atoms with Crippen molar-refractivity contribution in [3.63, 3.8) is 0 Å². The zero-order valence-electron chi connectivity index (χ0n) is 9.55. The Hall–Kier alpha value is -1.62. The van der Waals surface area contributed by atoms with Crippen molar-refractivity contribution >= 4 is 11.6 Å². The maximum absolute atomic E-state index is 11.5. The van der Waals surface area contributed by atoms with Gasteiger partial charge in [-0.05, 0) is 12.5 Å². The minimum atomic E-state index is -0.265. The van der Waals surface area contributed by atoms with Crippen LogP contribution < -0.4 is 5.56 Å². The van der Waals surface area contributed by atoms with Crippen LogP contribution in [0.4, 0.5) is 0 Å². The molecule has 1 atom stereocenters. The maximum atomic E-state index is 11.5. The van der Waals surface area contributed by atoms with E-state index in [-0.39, 0.29) is 10.9 Å². The maximum Gasteiger partial charge on any atom is 0.258 e. The van der Waals surface area contributed by atoms with Gasteiger partial charge in [0.1, 0.15) is 0 Å². The number of pyridine rings is 1. The van der Waals surface area contributed by atoms with Gasteiger partial charge in [-0.25, -0.2) is 0 Å². The van der Waals surface area contributed by atoms with Gasteiger partial charge in [-0.15, -0.1) is 11.6 Å². The Kier molecular flexibility index (Phi) is 3.28. The van der Waals surface area contributed by atoms with E-state index in [1.54, 1.807) is 19.3 Å². The summed E-state index contributed by atoms with van der Waals surface area (Å²) in [6.07, 6.45) is 2.37. The topological polar surface area (TPSA) is 60.9 Å². The van der Waals surface area contributed by atoms with Crippen molar-refractivity contribution in [2.45, 2.75) is 18.7 Å². The van der Waals surface area contributed by atoms with Crippen LogP contribution in [0.15, 0.2) is 27.6 Å². The van der Waals surface area contributed by atoms with E-state index in [2.05, 4.69) is 10.1 Å². The number of hydrogen-bond donors (Lipinski definition) is 0. The van der Waals surface area contributed by atoms with E-state index < -0.39 is 0 Å². The second-order valence-electron chi connectivity index (χ2n) is 3.70. The molecule has 2 aromatic rings. The van der Waals surface area contributed by atoms with E-state index in [4.69, 9.17) is 16.1 Å². The molecule has 0 spiro atoms. The molecule has 6 heteroatoms. The molecule has 0 amide bonds. The number of rotatable bonds is 3. The third-order valence-corrected chi connectivity index (χ3v) is 2.94. The lowest BCUT2D eigenvalue weighted by molar-refractivity contribution is 0.421. The first-order valence-electron chi connectivity index (χ1n) is 5.26. The summed E-state index contributed by atoms with van der Waals surface area (Å²) in [4.78, 5) is 15.6. The summed E-state index contributed by atoms with van der Waals surface area (Å²) in [6, 6.07) is 3.19. The fraction of sp³-hybridized carbons (Fsp3) is 0.364. The van der Waals surface area contributed by atoms with Crippen LogP contribution >= 0.6 is 11.6 Å². The molecular weight excluding hydrogens is 242 g/mol. The molecule has 0 aromatic carbocycles. The van der Waals surface area contributed by atoms with Crippen molar-refractivity contribution in [1.82, 2.24) is 14.7 Å². The molecule has 2 aromatic heterocycles. The summed E-state index contributed by atoms with van der Waals surface area (Å²) in [7, 11) is 1.68. The molecule has 0 radical (unpaired) electrons. The highest BCUT2D eigenvalue weighted by Gasteiger charge is 2.15. The van der Waals surface area contributed by atoms with Crippen LogP contribution in [0.2, 0.25) is 0 Å². The van der Waals surface area contributed by atoms with E-state index in [9.17, 15) is 4.79 Å². The molecule has 0 saturated carbocycles. The Balaban J connectivity index is 2.37. The summed E-state index contributed by atoms with van der Waals surface area (Å²) >= 11 is 6.00. The van der Waals surface area contributed by atoms with Gasteiger partial charge in [0, 0.05) is 24.9 Å². The van der Waals surface area contributed by atoms with E-state index in [1.807, 2.05) is 6.92 Å². The molecule has 0 N–H and O–H groups in total. The average Bonchev–Trinajstić information content (AvgIpc) is 2.81. The van der Waals surface area contributed by atoms with Gasteiger partial charge in [-0.1, -0.05) is 12.1 Å². The minimum Gasteiger partial charge on any atom is -0.334 e. The molecular formula is C11H12ClN3O2. The van der Waals surface area contributed by atoms with Crippen LogP contribution in [-0.4, -0.2) is 14.7 Å². The zero-order valence-corrected chi connectivity index (χ0v) is 10.3. The van der Waals surface area contributed by atoms with Gasteiger partial charge in [0.2, 0.25) is 0 Å². The molecule has 90 valence electrons. The van der Waals surface area contributed by atoms with Gasteiger partial charge in [-0.2, -0.15) is 4.98 Å². The fourth-order valence-electron chi connectivity index (χ4n) is 1.34. The van der Waals surface area contributed by atoms with Crippen LogP contribution in [0.3, 0.4) is 0 Å². The van der Waals surface area contributed by atoms with Crippen LogP contribution in [0.5, 0.6) is 0 Å². The van der Waals surface area contributed by atoms with Crippen LogP contribution in [0.25, 0.3) is 11.5 Å². The Morgan fingerprint density at radius 2 is 2.35 bits per heavy atom. The van der Waals surface area contributed by atoms with Crippen LogP contribution in [-0.2, 0) is 7.05 Å². The summed E-state index contributed by atoms with van der Waals surface area (Å²) in [6.45, 7) is 1.94. The number of nitrogens with zero attached hydrogens (tertiary/aromatic N) is 3. The predicted octanol–water partition coefficient (Wildman–Crippen LogP) is 2.13. The molecule has 0 fully saturated rings. The largest absolute Gasteiger partial charge is 0.334 e. The Labute approximate surface area is 103 Å². The third-order valence-electron chi connectivity index (χ3n) is 2.43. The van der Waals surface area contributed by atoms with E-state index in [0.717, 1.165) is 6.42 Å². The highest BCUT2D eigenvalue weighted by atomic mass is 35.5. The number of aryl methyl sites for hydroxylation is 1. The number of aromatic nitrogens is 3. The van der Waals surface area contributed by atoms with Crippen molar-refractivity contribution < 1.29 is 4.52 Å². The second-order valence-corrected chi connectivity index (χ2v) is 4.22. The SMILES string of the molecule is CCC(Cl)c1noc(-c2ccn(C)c(=O)c2)n1. The van der Waals surface area contributed by atoms with Crippen molar-refractivity contribution in [3.8, 4) is 11.5 Å². The van der Waals surface area contributed by atoms with Crippen molar-refractivity contribution in [1.29, 1.82) is 0 Å². The molecule has 0 aliphatic rings. The quantitative estimate of drug-likeness (QED) is 0.786. The fourth-order valence-corrected chi connectivity index (χ4v) is 1.43. The molecule has 2 rings (SSSR count). The van der Waals surface area contributed by atoms with E-state index in [1.165, 1.54) is 10.6 Å². The molecule has 5 nitrogen and oxygen atoms in total. The summed E-state index contributed by atoms with van der Waals surface area (Å²) in [5.74, 6) is 0.765. The average molecular weight is 254 g/mol. The molecule has 0 aliphatic heterocycles. The third kappa shape index (κ3) is 2.39. The first-order valence-corrected chi connectivity index (χ1v) is 5.70. The highest BCUT2D eigenvalue weighted by molar-refractivity contribution is 6.20. The molecule has 2 heterocycles. The van der Waals surface area contributed by atoms with Gasteiger partial charge in [-0.3, -0.25) is 4.79 Å². The van der Waals surface area contributed by atoms with E-state index in [0.29, 0.717) is 17.3 Å². The van der Waals surface area contributed by atoms with Crippen molar-refractivity contribution in [3.05, 3.63) is 34.5 Å². The normalized spacial score (nSPS) is 12.6. The lowest BCUT2D eigenvalue weighted by Crippen LogP contribution is -2.14. The molecule has 0 aliphatic carbocycles. The number of alkyl halides is 1. The first-order chi connectivity index (χ1) is 8.11. The van der Waals surface area contributed by atoms with Crippen molar-refractivity contribution in [2.75, 3.05) is 0 Å². The van der Waals surface area contributed by atoms with E-state index >= 15 is 0 Å². The first kappa shape index (κ1) is 11.9. The molecule has 0 saturated heterocycles. The highest BCUT2D eigenvalue weighted by Crippen LogP contribution is 2.23. The Morgan fingerprint density at radius 1 is 1.59 bits per heavy atom. The van der Waals surface area contributed by atoms with Gasteiger partial charge in [0.15, 0.2) is 5.82 Å². The van der Waals surface area contributed by atoms with Gasteiger partial charge >= 0.3 is 0 Å². The number of hydrogen-bond acceptors (Lipinski definition) is 4. The lowest BCUT2D eigenvalue weighted by atomic mass is 10.2. The molecule has 1 unspecified atom stereocenters. The molecule has 17 heavy (non-hydrogen) atoms. The van der Waals surface area contributed by atoms with Gasteiger partial charge in [0.05, 0.1) is 5.38 Å². The Morgan fingerprint density at radius 3 is 3.00 bits per heavy atom. The van der Waals surface area contributed by atoms with Crippen LogP contribution in [0, 0.1) is 0 Å². The van der Waals surface area contributed by atoms with Gasteiger partial charge < -0.3 is 9.09 Å². The monoisotopic (exact) mass is 253 g/mol. The predicted molar refractivity (Wildman–Crippen MR) is 63.9 cm³/mol. The second kappa shape index (κ2) is 4.71. The lowest BCUT2D eigenvalue weighted by Gasteiger charge is -1.97. The minimum absolute atomic E-state index is 0.125. The number of halogens is 1. The summed E-state index contributed by atoms with van der Waals surface area (Å²) in [5, 5.41) is 3.52. The molecule has 0 bridgehead atoms. The smallest absolute Gasteiger partial charge is 0.258 e.